The fourth-order valence-corrected chi connectivity index (χ4v) is 10.0. The minimum atomic E-state index is -1.81. The van der Waals surface area contributed by atoms with Gasteiger partial charge in [-0.2, -0.15) is 0 Å². The molecule has 10 atom stereocenters. The molecule has 3 aliphatic carbocycles. The lowest BCUT2D eigenvalue weighted by Gasteiger charge is -2.60. The number of fused-ring (bicyclic) bond motifs is 2. The van der Waals surface area contributed by atoms with Gasteiger partial charge in [0.2, 0.25) is 6.29 Å². The molecule has 4 bridgehead atoms. The Bertz CT molecular complexity index is 2140. The lowest BCUT2D eigenvalue weighted by Crippen LogP contribution is -2.79. The predicted molar refractivity (Wildman–Crippen MR) is 220 cm³/mol. The molecule has 0 amide bonds. The van der Waals surface area contributed by atoms with Crippen molar-refractivity contribution in [1.29, 1.82) is 0 Å². The number of Topliss-reactive ketones (excluding diaryl/α,β-unsaturated/α-hetero) is 2. The molecule has 7 aliphatic rings. The highest BCUT2D eigenvalue weighted by Crippen LogP contribution is 2.69. The molecule has 14 nitrogen and oxygen atoms in total. The number of ether oxygens (including phenoxy) is 6. The number of esters is 1. The SMILES string of the molecule is CNC12C=C3C(=O)c4c(O[C@@H]5O[C@H](CO)[C@@H](O)[C@@H](O)[C@H]5O)c5c(c(CC=C(C)C)c4OC34C(C1)C(C)(C)OC4(C/C=C(/C)C(=O)OC)C2=O)OC(C)(CCC=C(C)C)C=C5. The number of methoxy groups -OCH3 is 1. The van der Waals surface area contributed by atoms with E-state index in [4.69, 9.17) is 28.4 Å². The van der Waals surface area contributed by atoms with Crippen LogP contribution in [0.25, 0.3) is 6.08 Å². The van der Waals surface area contributed by atoms with Crippen LogP contribution >= 0.6 is 0 Å². The molecule has 5 unspecified atom stereocenters. The molecular formula is C46H59NO13. The molecule has 4 heterocycles. The average molecular weight is 834 g/mol. The van der Waals surface area contributed by atoms with Gasteiger partial charge in [0.25, 0.3) is 0 Å². The lowest BCUT2D eigenvalue weighted by molar-refractivity contribution is -0.277. The summed E-state index contributed by atoms with van der Waals surface area (Å²) in [6, 6.07) is 0. The van der Waals surface area contributed by atoms with Crippen LogP contribution in [0.2, 0.25) is 0 Å². The van der Waals surface area contributed by atoms with Crippen LogP contribution < -0.4 is 19.5 Å². The molecule has 2 saturated heterocycles. The maximum atomic E-state index is 15.8. The number of hydrogen-bond acceptors (Lipinski definition) is 14. The molecule has 326 valence electrons. The Kier molecular flexibility index (Phi) is 11.2. The Labute approximate surface area is 350 Å². The molecule has 60 heavy (non-hydrogen) atoms. The summed E-state index contributed by atoms with van der Waals surface area (Å²) in [7, 11) is 2.93. The van der Waals surface area contributed by atoms with Crippen molar-refractivity contribution >= 4 is 23.6 Å². The van der Waals surface area contributed by atoms with Crippen LogP contribution in [0.5, 0.6) is 17.2 Å². The monoisotopic (exact) mass is 833 g/mol. The quantitative estimate of drug-likeness (QED) is 0.114. The highest BCUT2D eigenvalue weighted by molar-refractivity contribution is 6.20. The summed E-state index contributed by atoms with van der Waals surface area (Å²) < 4.78 is 38.8. The van der Waals surface area contributed by atoms with E-state index in [1.807, 2.05) is 66.7 Å². The van der Waals surface area contributed by atoms with E-state index in [1.54, 1.807) is 26.1 Å². The first-order valence-corrected chi connectivity index (χ1v) is 20.7. The van der Waals surface area contributed by atoms with E-state index in [1.165, 1.54) is 7.11 Å². The Morgan fingerprint density at radius 3 is 2.30 bits per heavy atom. The van der Waals surface area contributed by atoms with Crippen molar-refractivity contribution in [3.8, 4) is 17.2 Å². The van der Waals surface area contributed by atoms with Crippen molar-refractivity contribution in [2.75, 3.05) is 20.8 Å². The van der Waals surface area contributed by atoms with E-state index in [0.717, 1.165) is 11.1 Å². The van der Waals surface area contributed by atoms with Gasteiger partial charge in [0.1, 0.15) is 58.4 Å². The van der Waals surface area contributed by atoms with Crippen LogP contribution in [0.3, 0.4) is 0 Å². The number of allylic oxidation sites excluding steroid dienone is 4. The summed E-state index contributed by atoms with van der Waals surface area (Å²) in [5, 5.41) is 46.0. The van der Waals surface area contributed by atoms with Crippen molar-refractivity contribution in [2.24, 2.45) is 5.92 Å². The van der Waals surface area contributed by atoms with Gasteiger partial charge in [-0.15, -0.1) is 0 Å². The third-order valence-corrected chi connectivity index (χ3v) is 13.3. The van der Waals surface area contributed by atoms with Crippen LogP contribution in [0.15, 0.2) is 52.7 Å². The van der Waals surface area contributed by atoms with Gasteiger partial charge in [0.05, 0.1) is 24.9 Å². The number of hydrogen-bond donors (Lipinski definition) is 5. The zero-order chi connectivity index (χ0) is 43.9. The van der Waals surface area contributed by atoms with Crippen molar-refractivity contribution in [2.45, 2.75) is 146 Å². The second-order valence-corrected chi connectivity index (χ2v) is 18.3. The summed E-state index contributed by atoms with van der Waals surface area (Å²) in [4.78, 5) is 43.7. The highest BCUT2D eigenvalue weighted by Gasteiger charge is 2.84. The molecule has 1 aromatic carbocycles. The lowest BCUT2D eigenvalue weighted by atomic mass is 9.48. The highest BCUT2D eigenvalue weighted by atomic mass is 16.7. The summed E-state index contributed by atoms with van der Waals surface area (Å²) in [6.45, 7) is 14.5. The van der Waals surface area contributed by atoms with Gasteiger partial charge in [-0.1, -0.05) is 29.4 Å². The van der Waals surface area contributed by atoms with Gasteiger partial charge in [-0.05, 0) is 106 Å². The zero-order valence-electron chi connectivity index (χ0n) is 36.1. The van der Waals surface area contributed by atoms with Crippen LogP contribution in [-0.2, 0) is 30.2 Å². The van der Waals surface area contributed by atoms with E-state index >= 15 is 9.59 Å². The number of likely N-dealkylation sites (N-methyl/N-ethyl adjacent to an activating group) is 1. The average Bonchev–Trinajstić information content (AvgIpc) is 3.35. The number of carbonyl (C=O) groups excluding carboxylic acids is 3. The van der Waals surface area contributed by atoms with Gasteiger partial charge in [0.15, 0.2) is 22.8 Å². The second kappa shape index (κ2) is 15.3. The number of ketones is 2. The van der Waals surface area contributed by atoms with Crippen molar-refractivity contribution in [3.63, 3.8) is 0 Å². The third-order valence-electron chi connectivity index (χ3n) is 13.3. The van der Waals surface area contributed by atoms with Crippen LogP contribution in [0.1, 0.15) is 103 Å². The van der Waals surface area contributed by atoms with Crippen LogP contribution in [-0.4, -0.2) is 117 Å². The van der Waals surface area contributed by atoms with Gasteiger partial charge >= 0.3 is 5.97 Å². The molecule has 0 radical (unpaired) electrons. The number of benzene rings is 1. The Morgan fingerprint density at radius 1 is 0.967 bits per heavy atom. The molecule has 14 heteroatoms. The maximum Gasteiger partial charge on any atom is 0.333 e. The van der Waals surface area contributed by atoms with E-state index in [-0.39, 0.29) is 53.3 Å². The maximum absolute atomic E-state index is 15.8. The molecular weight excluding hydrogens is 774 g/mol. The predicted octanol–water partition coefficient (Wildman–Crippen LogP) is 4.14. The summed E-state index contributed by atoms with van der Waals surface area (Å²) >= 11 is 0. The van der Waals surface area contributed by atoms with Gasteiger partial charge in [-0.3, -0.25) is 9.59 Å². The fraction of sp³-hybridized carbons (Fsp3) is 0.587. The summed E-state index contributed by atoms with van der Waals surface area (Å²) in [5.41, 5.74) is -3.35. The van der Waals surface area contributed by atoms with E-state index in [9.17, 15) is 25.2 Å². The molecule has 1 spiro atoms. The Hall–Kier alpha value is -4.15. The normalized spacial score (nSPS) is 35.6. The molecule has 3 fully saturated rings. The van der Waals surface area contributed by atoms with Gasteiger partial charge in [0, 0.05) is 29.0 Å². The number of carbonyl (C=O) groups is 3. The van der Waals surface area contributed by atoms with Crippen molar-refractivity contribution in [1.82, 2.24) is 5.32 Å². The van der Waals surface area contributed by atoms with Crippen molar-refractivity contribution in [3.05, 3.63) is 69.4 Å². The van der Waals surface area contributed by atoms with Crippen LogP contribution in [0.4, 0.5) is 0 Å². The van der Waals surface area contributed by atoms with E-state index in [2.05, 4.69) is 11.4 Å². The van der Waals surface area contributed by atoms with Crippen molar-refractivity contribution < 1.29 is 63.2 Å². The molecule has 8 rings (SSSR count). The second-order valence-electron chi connectivity index (χ2n) is 18.3. The summed E-state index contributed by atoms with van der Waals surface area (Å²) in [5.74, 6) is -1.68. The summed E-state index contributed by atoms with van der Waals surface area (Å²) in [6.07, 6.45) is 4.50. The first kappa shape index (κ1) is 43.9. The molecule has 5 N–H and O–H groups in total. The minimum Gasteiger partial charge on any atom is -0.482 e. The topological polar surface area (TPSA) is 200 Å². The molecule has 1 saturated carbocycles. The minimum absolute atomic E-state index is 0.0268. The van der Waals surface area contributed by atoms with Gasteiger partial charge in [-0.25, -0.2) is 4.79 Å². The van der Waals surface area contributed by atoms with E-state index < -0.39 is 82.9 Å². The smallest absolute Gasteiger partial charge is 0.333 e. The third kappa shape index (κ3) is 6.52. The number of aliphatic hydroxyl groups is 4. The number of rotatable bonds is 12. The van der Waals surface area contributed by atoms with Gasteiger partial charge < -0.3 is 54.2 Å². The largest absolute Gasteiger partial charge is 0.482 e. The number of aliphatic hydroxyl groups excluding tert-OH is 4. The standard InChI is InChI=1S/C46H59NO13/c1-23(2)12-11-17-43(8)18-16-27-36(58-43)26(14-13-24(3)4)38-31(37(27)57-40-35(52)34(51)33(50)29(22-48)56-40)32(49)28-20-44(47-9)21-30-42(6,7)60-45(41(44)54,46(28,30)59-38)19-15-25(5)39(53)55-10/h12-13,15-16,18,20,29-30,33-35,40,47-48,50-52H,11,14,17,19,21-22H2,1-10H3/b25-15-/t29-,30?,33-,34-,35-,40+,43?,44?,45?,46?/m1/s1. The Balaban J connectivity index is 1.53. The van der Waals surface area contributed by atoms with Crippen LogP contribution in [0, 0.1) is 5.92 Å². The zero-order valence-corrected chi connectivity index (χ0v) is 36.1. The fourth-order valence-electron chi connectivity index (χ4n) is 10.0. The first-order chi connectivity index (χ1) is 28.2. The Morgan fingerprint density at radius 2 is 1.67 bits per heavy atom. The van der Waals surface area contributed by atoms with E-state index in [0.29, 0.717) is 29.7 Å². The first-order valence-electron chi connectivity index (χ1n) is 20.7. The molecule has 1 aromatic rings. The molecule has 0 aromatic heterocycles. The number of nitrogens with one attached hydrogen (secondary N) is 1. The molecule has 4 aliphatic heterocycles.